The zero-order chi connectivity index (χ0) is 13.7. The highest BCUT2D eigenvalue weighted by Gasteiger charge is 2.29. The van der Waals surface area contributed by atoms with Crippen LogP contribution in [0.3, 0.4) is 0 Å². The zero-order valence-corrected chi connectivity index (χ0v) is 11.8. The van der Waals surface area contributed by atoms with Crippen molar-refractivity contribution in [3.63, 3.8) is 0 Å². The predicted molar refractivity (Wildman–Crippen MR) is 72.6 cm³/mol. The Morgan fingerprint density at radius 3 is 2.74 bits per heavy atom. The molecule has 1 aliphatic rings. The standard InChI is InChI=1S/C14H22N2O3/c1-15-8-10-6-11(7-10)19-9-12-14(18-3)13(17-2)4-5-16-12/h4-5,10-11,15H,6-9H2,1-3H3. The maximum atomic E-state index is 5.86. The van der Waals surface area contributed by atoms with Crippen LogP contribution in [0, 0.1) is 5.92 Å². The van der Waals surface area contributed by atoms with E-state index < -0.39 is 0 Å². The van der Waals surface area contributed by atoms with Gasteiger partial charge in [-0.15, -0.1) is 0 Å². The summed E-state index contributed by atoms with van der Waals surface area (Å²) in [4.78, 5) is 4.30. The molecular weight excluding hydrogens is 244 g/mol. The number of nitrogens with one attached hydrogen (secondary N) is 1. The highest BCUT2D eigenvalue weighted by molar-refractivity contribution is 5.42. The van der Waals surface area contributed by atoms with E-state index in [1.54, 1.807) is 26.5 Å². The number of ether oxygens (including phenoxy) is 3. The van der Waals surface area contributed by atoms with Crippen LogP contribution in [0.1, 0.15) is 18.5 Å². The average molecular weight is 266 g/mol. The van der Waals surface area contributed by atoms with E-state index in [0.717, 1.165) is 31.0 Å². The van der Waals surface area contributed by atoms with E-state index in [2.05, 4.69) is 10.3 Å². The third-order valence-corrected chi connectivity index (χ3v) is 3.51. The summed E-state index contributed by atoms with van der Waals surface area (Å²) in [5.41, 5.74) is 0.791. The van der Waals surface area contributed by atoms with Crippen LogP contribution in [0.4, 0.5) is 0 Å². The van der Waals surface area contributed by atoms with E-state index in [1.165, 1.54) is 0 Å². The van der Waals surface area contributed by atoms with Gasteiger partial charge in [0, 0.05) is 12.3 Å². The molecule has 5 heteroatoms. The lowest BCUT2D eigenvalue weighted by Crippen LogP contribution is -2.36. The maximum Gasteiger partial charge on any atom is 0.184 e. The molecule has 0 spiro atoms. The molecule has 1 aromatic heterocycles. The van der Waals surface area contributed by atoms with Crippen LogP contribution in [-0.2, 0) is 11.3 Å². The Morgan fingerprint density at radius 1 is 1.32 bits per heavy atom. The maximum absolute atomic E-state index is 5.86. The van der Waals surface area contributed by atoms with Gasteiger partial charge >= 0.3 is 0 Å². The molecule has 0 aliphatic heterocycles. The molecule has 1 N–H and O–H groups in total. The Hall–Kier alpha value is -1.33. The van der Waals surface area contributed by atoms with Gasteiger partial charge in [0.05, 0.1) is 26.9 Å². The van der Waals surface area contributed by atoms with Crippen molar-refractivity contribution in [1.29, 1.82) is 0 Å². The minimum Gasteiger partial charge on any atom is -0.493 e. The summed E-state index contributed by atoms with van der Waals surface area (Å²) in [5.74, 6) is 2.10. The number of aromatic nitrogens is 1. The Labute approximate surface area is 114 Å². The number of methoxy groups -OCH3 is 2. The van der Waals surface area contributed by atoms with Crippen molar-refractivity contribution in [1.82, 2.24) is 10.3 Å². The lowest BCUT2D eigenvalue weighted by molar-refractivity contribution is -0.0408. The molecule has 1 aromatic rings. The van der Waals surface area contributed by atoms with Crippen molar-refractivity contribution in [2.24, 2.45) is 5.92 Å². The van der Waals surface area contributed by atoms with Gasteiger partial charge in [-0.1, -0.05) is 0 Å². The summed E-state index contributed by atoms with van der Waals surface area (Å²) in [6.45, 7) is 1.54. The van der Waals surface area contributed by atoms with Gasteiger partial charge in [0.25, 0.3) is 0 Å². The van der Waals surface area contributed by atoms with Crippen LogP contribution in [0.2, 0.25) is 0 Å². The predicted octanol–water partition coefficient (Wildman–Crippen LogP) is 1.61. The highest BCUT2D eigenvalue weighted by atomic mass is 16.5. The number of hydrogen-bond acceptors (Lipinski definition) is 5. The van der Waals surface area contributed by atoms with Crippen LogP contribution in [0.25, 0.3) is 0 Å². The van der Waals surface area contributed by atoms with Gasteiger partial charge in [0.15, 0.2) is 11.5 Å². The molecule has 1 fully saturated rings. The molecule has 0 atom stereocenters. The third kappa shape index (κ3) is 3.36. The molecule has 0 radical (unpaired) electrons. The Bertz CT molecular complexity index is 406. The second kappa shape index (κ2) is 6.73. The minimum atomic E-state index is 0.344. The summed E-state index contributed by atoms with van der Waals surface area (Å²) in [6, 6.07) is 1.79. The number of rotatable bonds is 7. The fourth-order valence-electron chi connectivity index (χ4n) is 2.42. The first-order valence-electron chi connectivity index (χ1n) is 6.60. The molecule has 1 heterocycles. The third-order valence-electron chi connectivity index (χ3n) is 3.51. The Morgan fingerprint density at radius 2 is 2.11 bits per heavy atom. The van der Waals surface area contributed by atoms with Crippen LogP contribution in [-0.4, -0.2) is 38.9 Å². The minimum absolute atomic E-state index is 0.344. The molecule has 5 nitrogen and oxygen atoms in total. The van der Waals surface area contributed by atoms with Gasteiger partial charge < -0.3 is 19.5 Å². The van der Waals surface area contributed by atoms with Crippen molar-refractivity contribution in [2.75, 3.05) is 27.8 Å². The summed E-state index contributed by atoms with van der Waals surface area (Å²) < 4.78 is 16.4. The van der Waals surface area contributed by atoms with Crippen LogP contribution in [0.15, 0.2) is 12.3 Å². The lowest BCUT2D eigenvalue weighted by atomic mass is 9.82. The number of pyridine rings is 1. The van der Waals surface area contributed by atoms with Crippen molar-refractivity contribution in [2.45, 2.75) is 25.6 Å². The highest BCUT2D eigenvalue weighted by Crippen LogP contribution is 2.33. The summed E-state index contributed by atoms with van der Waals surface area (Å²) in [7, 11) is 5.23. The second-order valence-corrected chi connectivity index (χ2v) is 4.82. The first-order chi connectivity index (χ1) is 9.28. The molecule has 19 heavy (non-hydrogen) atoms. The SMILES string of the molecule is CNCC1CC(OCc2nccc(OC)c2OC)C1. The van der Waals surface area contributed by atoms with Gasteiger partial charge in [0.1, 0.15) is 5.69 Å². The van der Waals surface area contributed by atoms with Gasteiger partial charge in [-0.25, -0.2) is 0 Å². The molecule has 0 unspecified atom stereocenters. The molecule has 2 rings (SSSR count). The summed E-state index contributed by atoms with van der Waals surface area (Å²) >= 11 is 0. The molecule has 1 saturated carbocycles. The number of nitrogens with zero attached hydrogens (tertiary/aromatic N) is 1. The smallest absolute Gasteiger partial charge is 0.184 e. The molecule has 0 saturated heterocycles. The lowest BCUT2D eigenvalue weighted by Gasteiger charge is -2.35. The summed E-state index contributed by atoms with van der Waals surface area (Å²) in [5, 5.41) is 3.19. The van der Waals surface area contributed by atoms with E-state index in [9.17, 15) is 0 Å². The first-order valence-corrected chi connectivity index (χ1v) is 6.60. The quantitative estimate of drug-likeness (QED) is 0.812. The van der Waals surface area contributed by atoms with E-state index in [4.69, 9.17) is 14.2 Å². The van der Waals surface area contributed by atoms with Crippen molar-refractivity contribution in [3.05, 3.63) is 18.0 Å². The van der Waals surface area contributed by atoms with E-state index in [1.807, 2.05) is 7.05 Å². The van der Waals surface area contributed by atoms with E-state index in [-0.39, 0.29) is 0 Å². The van der Waals surface area contributed by atoms with Crippen molar-refractivity contribution >= 4 is 0 Å². The summed E-state index contributed by atoms with van der Waals surface area (Å²) in [6.07, 6.45) is 4.29. The van der Waals surface area contributed by atoms with Gasteiger partial charge in [-0.3, -0.25) is 4.98 Å². The normalized spacial score (nSPS) is 21.8. The zero-order valence-electron chi connectivity index (χ0n) is 11.8. The molecule has 0 aromatic carbocycles. The van der Waals surface area contributed by atoms with Gasteiger partial charge in [0.2, 0.25) is 0 Å². The molecule has 1 aliphatic carbocycles. The van der Waals surface area contributed by atoms with Crippen molar-refractivity contribution in [3.8, 4) is 11.5 Å². The van der Waals surface area contributed by atoms with Crippen LogP contribution in [0.5, 0.6) is 11.5 Å². The fraction of sp³-hybridized carbons (Fsp3) is 0.643. The molecule has 0 amide bonds. The van der Waals surface area contributed by atoms with Gasteiger partial charge in [-0.05, 0) is 32.4 Å². The van der Waals surface area contributed by atoms with Crippen LogP contribution < -0.4 is 14.8 Å². The van der Waals surface area contributed by atoms with Gasteiger partial charge in [-0.2, -0.15) is 0 Å². The Balaban J connectivity index is 1.87. The second-order valence-electron chi connectivity index (χ2n) is 4.82. The topological polar surface area (TPSA) is 52.6 Å². The first kappa shape index (κ1) is 14.1. The molecule has 106 valence electrons. The molecule has 0 bridgehead atoms. The largest absolute Gasteiger partial charge is 0.493 e. The van der Waals surface area contributed by atoms with E-state index >= 15 is 0 Å². The fourth-order valence-corrected chi connectivity index (χ4v) is 2.42. The van der Waals surface area contributed by atoms with E-state index in [0.29, 0.717) is 24.2 Å². The Kier molecular flexibility index (Phi) is 4.99. The van der Waals surface area contributed by atoms with Crippen molar-refractivity contribution < 1.29 is 14.2 Å². The monoisotopic (exact) mass is 266 g/mol. The number of hydrogen-bond donors (Lipinski definition) is 1. The molecular formula is C14H22N2O3. The average Bonchev–Trinajstić information content (AvgIpc) is 2.40. The van der Waals surface area contributed by atoms with Crippen LogP contribution >= 0.6 is 0 Å².